The van der Waals surface area contributed by atoms with E-state index >= 15 is 0 Å². The Morgan fingerprint density at radius 1 is 1.19 bits per heavy atom. The summed E-state index contributed by atoms with van der Waals surface area (Å²) >= 11 is 0. The van der Waals surface area contributed by atoms with Gasteiger partial charge in [-0.2, -0.15) is 10.1 Å². The number of amides is 2. The molecule has 2 rings (SSSR count). The predicted molar refractivity (Wildman–Crippen MR) is 80.1 cm³/mol. The number of methoxy groups -OCH3 is 1. The highest BCUT2D eigenvalue weighted by molar-refractivity contribution is 6.22. The van der Waals surface area contributed by atoms with Gasteiger partial charge in [-0.15, -0.1) is 0 Å². The number of benzene rings is 1. The summed E-state index contributed by atoms with van der Waals surface area (Å²) in [5, 5.41) is 5.17. The van der Waals surface area contributed by atoms with Gasteiger partial charge in [-0.3, -0.25) is 9.59 Å². The van der Waals surface area contributed by atoms with E-state index in [1.807, 2.05) is 38.1 Å². The number of nitrogens with zero attached hydrogens (tertiary/aromatic N) is 2. The Morgan fingerprint density at radius 2 is 1.76 bits per heavy atom. The summed E-state index contributed by atoms with van der Waals surface area (Å²) in [6.45, 7) is 5.47. The van der Waals surface area contributed by atoms with E-state index in [2.05, 4.69) is 5.10 Å². The SMILES string of the molecule is CCC1(CC)C(=O)N(/N=C(\C)c2ccccc2OC)C1=O. The summed E-state index contributed by atoms with van der Waals surface area (Å²) in [6, 6.07) is 7.38. The molecule has 5 nitrogen and oxygen atoms in total. The molecule has 112 valence electrons. The maximum atomic E-state index is 12.2. The number of hydrogen-bond acceptors (Lipinski definition) is 4. The molecule has 0 radical (unpaired) electrons. The summed E-state index contributed by atoms with van der Waals surface area (Å²) in [5.41, 5.74) is 0.478. The molecule has 0 atom stereocenters. The van der Waals surface area contributed by atoms with Gasteiger partial charge < -0.3 is 4.74 Å². The van der Waals surface area contributed by atoms with Crippen LogP contribution < -0.4 is 4.74 Å². The molecule has 1 fully saturated rings. The molecule has 1 aliphatic heterocycles. The molecule has 0 spiro atoms. The molecule has 1 heterocycles. The van der Waals surface area contributed by atoms with Crippen LogP contribution in [0, 0.1) is 5.41 Å². The number of carbonyl (C=O) groups excluding carboxylic acids is 2. The van der Waals surface area contributed by atoms with Crippen LogP contribution in [0.3, 0.4) is 0 Å². The largest absolute Gasteiger partial charge is 0.496 e. The zero-order chi connectivity index (χ0) is 15.6. The van der Waals surface area contributed by atoms with Gasteiger partial charge in [0.15, 0.2) is 0 Å². The van der Waals surface area contributed by atoms with Crippen molar-refractivity contribution in [2.24, 2.45) is 10.5 Å². The highest BCUT2D eigenvalue weighted by Gasteiger charge is 2.59. The number of β-lactam (4-membered cyclic amide) rings is 2. The molecule has 0 aliphatic carbocycles. The molecule has 0 N–H and O–H groups in total. The molecule has 0 saturated carbocycles. The predicted octanol–water partition coefficient (Wildman–Crippen LogP) is 2.59. The lowest BCUT2D eigenvalue weighted by Crippen LogP contribution is -2.63. The smallest absolute Gasteiger partial charge is 0.265 e. The van der Waals surface area contributed by atoms with Crippen molar-refractivity contribution in [3.05, 3.63) is 29.8 Å². The van der Waals surface area contributed by atoms with Gasteiger partial charge in [-0.1, -0.05) is 26.0 Å². The number of ether oxygens (including phenoxy) is 1. The van der Waals surface area contributed by atoms with Gasteiger partial charge in [0, 0.05) is 5.56 Å². The molecule has 0 aromatic heterocycles. The number of carbonyl (C=O) groups is 2. The summed E-state index contributed by atoms with van der Waals surface area (Å²) in [7, 11) is 1.57. The Hall–Kier alpha value is -2.17. The minimum atomic E-state index is -0.870. The molecule has 0 unspecified atom stereocenters. The van der Waals surface area contributed by atoms with E-state index in [9.17, 15) is 9.59 Å². The van der Waals surface area contributed by atoms with E-state index in [1.54, 1.807) is 14.0 Å². The monoisotopic (exact) mass is 288 g/mol. The molecule has 2 amide bonds. The molecule has 21 heavy (non-hydrogen) atoms. The van der Waals surface area contributed by atoms with Crippen molar-refractivity contribution in [3.63, 3.8) is 0 Å². The lowest BCUT2D eigenvalue weighted by molar-refractivity contribution is -0.177. The Morgan fingerprint density at radius 3 is 2.29 bits per heavy atom. The van der Waals surface area contributed by atoms with Crippen molar-refractivity contribution in [1.82, 2.24) is 5.01 Å². The summed E-state index contributed by atoms with van der Waals surface area (Å²) in [6.07, 6.45) is 1.03. The first-order valence-electron chi connectivity index (χ1n) is 7.09. The van der Waals surface area contributed by atoms with Gasteiger partial charge in [-0.25, -0.2) is 0 Å². The van der Waals surface area contributed by atoms with E-state index in [4.69, 9.17) is 4.74 Å². The summed E-state index contributed by atoms with van der Waals surface area (Å²) in [5.74, 6) is 0.231. The van der Waals surface area contributed by atoms with Crippen LogP contribution in [0.5, 0.6) is 5.75 Å². The third-order valence-electron chi connectivity index (χ3n) is 4.16. The minimum Gasteiger partial charge on any atom is -0.496 e. The fraction of sp³-hybridized carbons (Fsp3) is 0.438. The van der Waals surface area contributed by atoms with Crippen molar-refractivity contribution in [2.75, 3.05) is 7.11 Å². The van der Waals surface area contributed by atoms with Crippen LogP contribution in [0.2, 0.25) is 0 Å². The molecule has 1 aliphatic rings. The Labute approximate surface area is 124 Å². The summed E-state index contributed by atoms with van der Waals surface area (Å²) < 4.78 is 5.27. The van der Waals surface area contributed by atoms with E-state index in [-0.39, 0.29) is 11.8 Å². The molecule has 1 aromatic carbocycles. The van der Waals surface area contributed by atoms with Gasteiger partial charge in [0.05, 0.1) is 12.8 Å². The maximum absolute atomic E-state index is 12.2. The van der Waals surface area contributed by atoms with Crippen LogP contribution >= 0.6 is 0 Å². The van der Waals surface area contributed by atoms with E-state index in [1.165, 1.54) is 0 Å². The van der Waals surface area contributed by atoms with Crippen molar-refractivity contribution in [1.29, 1.82) is 0 Å². The first-order valence-corrected chi connectivity index (χ1v) is 7.09. The van der Waals surface area contributed by atoms with Crippen molar-refractivity contribution in [2.45, 2.75) is 33.6 Å². The van der Waals surface area contributed by atoms with Crippen LogP contribution in [-0.4, -0.2) is 29.6 Å². The quantitative estimate of drug-likeness (QED) is 0.475. The van der Waals surface area contributed by atoms with Crippen LogP contribution in [0.25, 0.3) is 0 Å². The highest BCUT2D eigenvalue weighted by atomic mass is 16.5. The molecular formula is C16H20N2O3. The number of para-hydroxylation sites is 1. The summed E-state index contributed by atoms with van der Waals surface area (Å²) in [4.78, 5) is 24.5. The van der Waals surface area contributed by atoms with Crippen LogP contribution in [0.4, 0.5) is 0 Å². The fourth-order valence-electron chi connectivity index (χ4n) is 2.63. The van der Waals surface area contributed by atoms with Gasteiger partial charge in [0.2, 0.25) is 0 Å². The minimum absolute atomic E-state index is 0.216. The van der Waals surface area contributed by atoms with E-state index < -0.39 is 5.41 Å². The topological polar surface area (TPSA) is 59.0 Å². The van der Waals surface area contributed by atoms with E-state index in [0.717, 1.165) is 10.6 Å². The number of rotatable bonds is 5. The molecule has 0 bridgehead atoms. The average Bonchev–Trinajstić information content (AvgIpc) is 2.53. The van der Waals surface area contributed by atoms with Gasteiger partial charge in [0.25, 0.3) is 11.8 Å². The molecular weight excluding hydrogens is 268 g/mol. The van der Waals surface area contributed by atoms with Crippen molar-refractivity contribution in [3.8, 4) is 5.75 Å². The first kappa shape index (κ1) is 15.2. The normalized spacial score (nSPS) is 17.7. The van der Waals surface area contributed by atoms with Crippen molar-refractivity contribution >= 4 is 17.5 Å². The van der Waals surface area contributed by atoms with Gasteiger partial charge >= 0.3 is 0 Å². The standard InChI is InChI=1S/C16H20N2O3/c1-5-16(6-2)14(19)18(15(16)20)17-11(3)12-9-7-8-10-13(12)21-4/h7-10H,5-6H2,1-4H3/b17-11+. The molecule has 1 saturated heterocycles. The number of hydrogen-bond donors (Lipinski definition) is 0. The zero-order valence-corrected chi connectivity index (χ0v) is 12.8. The third-order valence-corrected chi connectivity index (χ3v) is 4.16. The number of imide groups is 1. The average molecular weight is 288 g/mol. The van der Waals surface area contributed by atoms with Crippen LogP contribution in [0.15, 0.2) is 29.4 Å². The molecule has 5 heteroatoms. The highest BCUT2D eigenvalue weighted by Crippen LogP contribution is 2.40. The lowest BCUT2D eigenvalue weighted by Gasteiger charge is -2.42. The second-order valence-electron chi connectivity index (χ2n) is 5.10. The van der Waals surface area contributed by atoms with Crippen LogP contribution in [0.1, 0.15) is 39.2 Å². The number of hydrazone groups is 1. The Kier molecular flexibility index (Phi) is 4.11. The van der Waals surface area contributed by atoms with Gasteiger partial charge in [-0.05, 0) is 31.9 Å². The van der Waals surface area contributed by atoms with Gasteiger partial charge in [0.1, 0.15) is 11.2 Å². The zero-order valence-electron chi connectivity index (χ0n) is 12.8. The second kappa shape index (κ2) is 5.68. The maximum Gasteiger partial charge on any atom is 0.265 e. The second-order valence-corrected chi connectivity index (χ2v) is 5.10. The molecule has 1 aromatic rings. The first-order chi connectivity index (χ1) is 10.0. The van der Waals surface area contributed by atoms with Crippen LogP contribution in [-0.2, 0) is 9.59 Å². The lowest BCUT2D eigenvalue weighted by atomic mass is 9.74. The third kappa shape index (κ3) is 2.22. The Bertz CT molecular complexity index is 585. The fourth-order valence-corrected chi connectivity index (χ4v) is 2.63. The Balaban J connectivity index is 2.30. The van der Waals surface area contributed by atoms with Crippen molar-refractivity contribution < 1.29 is 14.3 Å². The van der Waals surface area contributed by atoms with E-state index in [0.29, 0.717) is 24.3 Å².